The summed E-state index contributed by atoms with van der Waals surface area (Å²) in [4.78, 5) is 13.1. The Morgan fingerprint density at radius 1 is 1.64 bits per heavy atom. The highest BCUT2D eigenvalue weighted by Crippen LogP contribution is 2.34. The lowest BCUT2D eigenvalue weighted by Crippen LogP contribution is -2.07. The maximum absolute atomic E-state index is 10.8. The highest BCUT2D eigenvalue weighted by molar-refractivity contribution is 5.20. The molecule has 4 nitrogen and oxygen atoms in total. The Bertz CT molecular complexity index is 402. The lowest BCUT2D eigenvalue weighted by molar-refractivity contribution is 0.368. The number of H-pyrrole nitrogens is 1. The molecule has 1 aromatic heterocycles. The second-order valence-corrected chi connectivity index (χ2v) is 3.80. The number of rotatable bonds is 1. The summed E-state index contributed by atoms with van der Waals surface area (Å²) in [5.74, 6) is 0.274. The summed E-state index contributed by atoms with van der Waals surface area (Å²) in [6, 6.07) is 0. The molecular formula is C10H13NO3. The molecule has 1 aliphatic rings. The molecule has 0 amide bonds. The van der Waals surface area contributed by atoms with E-state index in [2.05, 4.69) is 24.1 Å². The van der Waals surface area contributed by atoms with Crippen LogP contribution in [0.5, 0.6) is 5.88 Å². The van der Waals surface area contributed by atoms with Gasteiger partial charge in [-0.15, -0.1) is 0 Å². The van der Waals surface area contributed by atoms with E-state index < -0.39 is 5.76 Å². The molecule has 2 atom stereocenters. The zero-order chi connectivity index (χ0) is 10.1. The van der Waals surface area contributed by atoms with Gasteiger partial charge < -0.3 is 9.52 Å². The van der Waals surface area contributed by atoms with Gasteiger partial charge in [0.15, 0.2) is 5.76 Å². The first kappa shape index (κ1) is 9.12. The highest BCUT2D eigenvalue weighted by Gasteiger charge is 2.23. The van der Waals surface area contributed by atoms with Crippen LogP contribution in [0, 0.1) is 5.92 Å². The molecule has 1 aliphatic carbocycles. The molecule has 2 rings (SSSR count). The van der Waals surface area contributed by atoms with Crippen molar-refractivity contribution in [1.82, 2.24) is 4.98 Å². The summed E-state index contributed by atoms with van der Waals surface area (Å²) in [5, 5.41) is 9.40. The molecule has 0 spiro atoms. The first-order valence-corrected chi connectivity index (χ1v) is 4.75. The fourth-order valence-corrected chi connectivity index (χ4v) is 1.92. The summed E-state index contributed by atoms with van der Waals surface area (Å²) in [6.45, 7) is 2.10. The van der Waals surface area contributed by atoms with E-state index in [1.807, 2.05) is 0 Å². The van der Waals surface area contributed by atoms with Gasteiger partial charge in [-0.25, -0.2) is 4.79 Å². The van der Waals surface area contributed by atoms with Gasteiger partial charge in [0.2, 0.25) is 5.88 Å². The largest absolute Gasteiger partial charge is 0.492 e. The minimum absolute atomic E-state index is 0.119. The van der Waals surface area contributed by atoms with Crippen molar-refractivity contribution in [2.24, 2.45) is 5.92 Å². The zero-order valence-corrected chi connectivity index (χ0v) is 7.99. The maximum Gasteiger partial charge on any atom is 0.419 e. The number of aromatic amines is 1. The number of aromatic hydroxyl groups is 1. The van der Waals surface area contributed by atoms with Crippen LogP contribution in [0.2, 0.25) is 0 Å². The summed E-state index contributed by atoms with van der Waals surface area (Å²) in [5.41, 5.74) is 0. The summed E-state index contributed by atoms with van der Waals surface area (Å²) in [6.07, 6.45) is 5.92. The van der Waals surface area contributed by atoms with Crippen molar-refractivity contribution < 1.29 is 9.52 Å². The van der Waals surface area contributed by atoms with Crippen LogP contribution in [0.15, 0.2) is 21.4 Å². The fraction of sp³-hybridized carbons (Fsp3) is 0.500. The summed E-state index contributed by atoms with van der Waals surface area (Å²) in [7, 11) is 0. The van der Waals surface area contributed by atoms with Crippen molar-refractivity contribution in [3.8, 4) is 5.88 Å². The molecule has 0 aliphatic heterocycles. The lowest BCUT2D eigenvalue weighted by Gasteiger charge is -2.19. The predicted octanol–water partition coefficient (Wildman–Crippen LogP) is 1.74. The van der Waals surface area contributed by atoms with E-state index in [9.17, 15) is 9.90 Å². The van der Waals surface area contributed by atoms with Gasteiger partial charge in [-0.3, -0.25) is 4.98 Å². The second kappa shape index (κ2) is 3.36. The molecule has 0 aromatic carbocycles. The SMILES string of the molecule is CC1C=CCC(c2oc(=O)[nH]c2O)C1. The van der Waals surface area contributed by atoms with Crippen LogP contribution < -0.4 is 5.76 Å². The normalized spacial score (nSPS) is 26.6. The molecule has 2 unspecified atom stereocenters. The molecule has 0 fully saturated rings. The quantitative estimate of drug-likeness (QED) is 0.671. The third-order valence-electron chi connectivity index (χ3n) is 2.57. The second-order valence-electron chi connectivity index (χ2n) is 3.80. The van der Waals surface area contributed by atoms with Gasteiger partial charge in [0.25, 0.3) is 0 Å². The first-order valence-electron chi connectivity index (χ1n) is 4.75. The number of aromatic nitrogens is 1. The average Bonchev–Trinajstić information content (AvgIpc) is 2.45. The predicted molar refractivity (Wildman–Crippen MR) is 51.3 cm³/mol. The zero-order valence-electron chi connectivity index (χ0n) is 7.99. The summed E-state index contributed by atoms with van der Waals surface area (Å²) >= 11 is 0. The minimum Gasteiger partial charge on any atom is -0.492 e. The molecule has 2 N–H and O–H groups in total. The van der Waals surface area contributed by atoms with E-state index in [4.69, 9.17) is 4.42 Å². The van der Waals surface area contributed by atoms with E-state index in [1.54, 1.807) is 0 Å². The number of nitrogens with one attached hydrogen (secondary N) is 1. The highest BCUT2D eigenvalue weighted by atomic mass is 16.4. The topological polar surface area (TPSA) is 66.2 Å². The average molecular weight is 195 g/mol. The van der Waals surface area contributed by atoms with Crippen LogP contribution in [0.4, 0.5) is 0 Å². The standard InChI is InChI=1S/C10H13NO3/c1-6-3-2-4-7(5-6)8-9(12)11-10(13)14-8/h2-3,6-7,12H,4-5H2,1H3,(H,11,13). The smallest absolute Gasteiger partial charge is 0.419 e. The van der Waals surface area contributed by atoms with E-state index in [-0.39, 0.29) is 11.8 Å². The Labute approximate surface area is 81.3 Å². The van der Waals surface area contributed by atoms with E-state index >= 15 is 0 Å². The molecule has 14 heavy (non-hydrogen) atoms. The molecule has 1 heterocycles. The Kier molecular flexibility index (Phi) is 2.19. The van der Waals surface area contributed by atoms with Gasteiger partial charge in [0.05, 0.1) is 0 Å². The fourth-order valence-electron chi connectivity index (χ4n) is 1.92. The number of hydrogen-bond donors (Lipinski definition) is 2. The Balaban J connectivity index is 2.27. The van der Waals surface area contributed by atoms with Crippen LogP contribution in [0.3, 0.4) is 0 Å². The summed E-state index contributed by atoms with van der Waals surface area (Å²) < 4.78 is 4.91. The van der Waals surface area contributed by atoms with Crippen LogP contribution in [0.25, 0.3) is 0 Å². The van der Waals surface area contributed by atoms with Gasteiger partial charge in [-0.2, -0.15) is 0 Å². The molecule has 0 saturated carbocycles. The minimum atomic E-state index is -0.584. The molecule has 0 bridgehead atoms. The molecule has 0 saturated heterocycles. The molecule has 1 aromatic rings. The van der Waals surface area contributed by atoms with Crippen molar-refractivity contribution >= 4 is 0 Å². The number of hydrogen-bond acceptors (Lipinski definition) is 3. The van der Waals surface area contributed by atoms with E-state index in [0.29, 0.717) is 11.7 Å². The molecule has 0 radical (unpaired) electrons. The van der Waals surface area contributed by atoms with Crippen LogP contribution >= 0.6 is 0 Å². The molecule has 76 valence electrons. The van der Waals surface area contributed by atoms with Crippen molar-refractivity contribution in [1.29, 1.82) is 0 Å². The number of allylic oxidation sites excluding steroid dienone is 2. The van der Waals surface area contributed by atoms with Gasteiger partial charge in [-0.05, 0) is 18.8 Å². The maximum atomic E-state index is 10.8. The third-order valence-corrected chi connectivity index (χ3v) is 2.57. The van der Waals surface area contributed by atoms with Crippen molar-refractivity contribution in [3.63, 3.8) is 0 Å². The Morgan fingerprint density at radius 2 is 2.43 bits per heavy atom. The van der Waals surface area contributed by atoms with Crippen LogP contribution in [0.1, 0.15) is 31.4 Å². The molecular weight excluding hydrogens is 182 g/mol. The van der Waals surface area contributed by atoms with Crippen molar-refractivity contribution in [2.45, 2.75) is 25.7 Å². The van der Waals surface area contributed by atoms with Gasteiger partial charge in [0, 0.05) is 5.92 Å². The third kappa shape index (κ3) is 1.60. The Morgan fingerprint density at radius 3 is 3.00 bits per heavy atom. The lowest BCUT2D eigenvalue weighted by atomic mass is 9.86. The van der Waals surface area contributed by atoms with Gasteiger partial charge in [-0.1, -0.05) is 19.1 Å². The van der Waals surface area contributed by atoms with Gasteiger partial charge >= 0.3 is 5.76 Å². The van der Waals surface area contributed by atoms with E-state index in [1.165, 1.54) is 0 Å². The van der Waals surface area contributed by atoms with Crippen molar-refractivity contribution in [3.05, 3.63) is 28.5 Å². The van der Waals surface area contributed by atoms with Crippen LogP contribution in [-0.4, -0.2) is 10.1 Å². The monoisotopic (exact) mass is 195 g/mol. The Hall–Kier alpha value is -1.45. The first-order chi connectivity index (χ1) is 6.66. The number of oxazole rings is 1. The molecule has 4 heteroatoms. The van der Waals surface area contributed by atoms with Crippen LogP contribution in [-0.2, 0) is 0 Å². The van der Waals surface area contributed by atoms with Gasteiger partial charge in [0.1, 0.15) is 0 Å². The van der Waals surface area contributed by atoms with Crippen molar-refractivity contribution in [2.75, 3.05) is 0 Å². The van der Waals surface area contributed by atoms with E-state index in [0.717, 1.165) is 12.8 Å².